The van der Waals surface area contributed by atoms with Crippen molar-refractivity contribution in [1.29, 1.82) is 0 Å². The molecule has 0 N–H and O–H groups in total. The summed E-state index contributed by atoms with van der Waals surface area (Å²) in [7, 11) is -3.84. The Morgan fingerprint density at radius 1 is 1.03 bits per heavy atom. The van der Waals surface area contributed by atoms with Crippen molar-refractivity contribution in [2.24, 2.45) is 0 Å². The molecule has 1 heterocycles. The lowest BCUT2D eigenvalue weighted by Gasteiger charge is -2.33. The van der Waals surface area contributed by atoms with Crippen molar-refractivity contribution >= 4 is 27.6 Å². The number of hydrogen-bond acceptors (Lipinski definition) is 7. The van der Waals surface area contributed by atoms with Crippen molar-refractivity contribution in [3.63, 3.8) is 0 Å². The summed E-state index contributed by atoms with van der Waals surface area (Å²) in [5, 5.41) is 10.7. The van der Waals surface area contributed by atoms with E-state index in [1.54, 1.807) is 4.90 Å². The van der Waals surface area contributed by atoms with E-state index >= 15 is 0 Å². The third-order valence-electron chi connectivity index (χ3n) is 4.65. The van der Waals surface area contributed by atoms with Crippen LogP contribution in [0.3, 0.4) is 0 Å². The lowest BCUT2D eigenvalue weighted by molar-refractivity contribution is -0.384. The smallest absolute Gasteiger partial charge is 0.343 e. The Labute approximate surface area is 172 Å². The normalized spacial score (nSPS) is 14.9. The molecule has 11 heteroatoms. The van der Waals surface area contributed by atoms with Crippen LogP contribution in [0.4, 0.5) is 5.69 Å². The molecule has 0 bridgehead atoms. The van der Waals surface area contributed by atoms with E-state index in [9.17, 15) is 28.1 Å². The van der Waals surface area contributed by atoms with Crippen molar-refractivity contribution in [1.82, 2.24) is 9.21 Å². The van der Waals surface area contributed by atoms with Crippen molar-refractivity contribution in [2.45, 2.75) is 11.8 Å². The number of carbonyl (C=O) groups excluding carboxylic acids is 2. The maximum atomic E-state index is 12.9. The van der Waals surface area contributed by atoms with Crippen LogP contribution in [0.2, 0.25) is 0 Å². The topological polar surface area (TPSA) is 127 Å². The van der Waals surface area contributed by atoms with E-state index in [1.165, 1.54) is 59.8 Å². The van der Waals surface area contributed by atoms with Gasteiger partial charge >= 0.3 is 5.97 Å². The molecule has 0 saturated carbocycles. The van der Waals surface area contributed by atoms with Crippen LogP contribution < -0.4 is 4.74 Å². The number of ether oxygens (including phenoxy) is 1. The van der Waals surface area contributed by atoms with Crippen LogP contribution in [-0.4, -0.2) is 60.6 Å². The van der Waals surface area contributed by atoms with Crippen LogP contribution in [0.5, 0.6) is 5.75 Å². The van der Waals surface area contributed by atoms with Crippen molar-refractivity contribution in [2.75, 3.05) is 26.2 Å². The molecule has 158 valence electrons. The number of esters is 1. The molecule has 0 radical (unpaired) electrons. The maximum Gasteiger partial charge on any atom is 0.343 e. The number of rotatable bonds is 5. The summed E-state index contributed by atoms with van der Waals surface area (Å²) in [4.78, 5) is 35.4. The second-order valence-electron chi connectivity index (χ2n) is 6.58. The molecular weight excluding hydrogens is 414 g/mol. The highest BCUT2D eigenvalue weighted by Gasteiger charge is 2.29. The van der Waals surface area contributed by atoms with E-state index in [0.717, 1.165) is 0 Å². The monoisotopic (exact) mass is 433 g/mol. The standard InChI is InChI=1S/C19H19N3O7S/c1-14(23)20-9-11-21(12-10-20)30(27,28)18-4-2-3-15(13-18)19(24)29-17-7-5-16(6-8-17)22(25)26/h2-8,13H,9-12H2,1H3. The highest BCUT2D eigenvalue weighted by Crippen LogP contribution is 2.21. The van der Waals surface area contributed by atoms with E-state index < -0.39 is 20.9 Å². The fourth-order valence-corrected chi connectivity index (χ4v) is 4.45. The summed E-state index contributed by atoms with van der Waals surface area (Å²) in [6.45, 7) is 2.37. The molecule has 1 saturated heterocycles. The molecule has 2 aromatic carbocycles. The second-order valence-corrected chi connectivity index (χ2v) is 8.52. The van der Waals surface area contributed by atoms with Gasteiger partial charge in [0.25, 0.3) is 5.69 Å². The molecule has 2 aromatic rings. The van der Waals surface area contributed by atoms with Gasteiger partial charge in [-0.25, -0.2) is 13.2 Å². The molecule has 0 atom stereocenters. The molecule has 0 aromatic heterocycles. The molecule has 3 rings (SSSR count). The quantitative estimate of drug-likeness (QED) is 0.304. The van der Waals surface area contributed by atoms with E-state index in [2.05, 4.69) is 0 Å². The van der Waals surface area contributed by atoms with E-state index in [-0.39, 0.29) is 40.9 Å². The molecular formula is C19H19N3O7S. The molecule has 1 aliphatic heterocycles. The number of nitrogens with zero attached hydrogens (tertiary/aromatic N) is 3. The molecule has 10 nitrogen and oxygen atoms in total. The molecule has 0 aliphatic carbocycles. The van der Waals surface area contributed by atoms with Gasteiger partial charge in [0.15, 0.2) is 0 Å². The fourth-order valence-electron chi connectivity index (χ4n) is 2.98. The molecule has 1 aliphatic rings. The highest BCUT2D eigenvalue weighted by atomic mass is 32.2. The first-order valence-electron chi connectivity index (χ1n) is 9.01. The lowest BCUT2D eigenvalue weighted by Crippen LogP contribution is -2.49. The summed E-state index contributed by atoms with van der Waals surface area (Å²) in [6, 6.07) is 10.4. The minimum atomic E-state index is -3.84. The third kappa shape index (κ3) is 4.63. The Morgan fingerprint density at radius 3 is 2.23 bits per heavy atom. The summed E-state index contributed by atoms with van der Waals surface area (Å²) in [5.74, 6) is -0.801. The Balaban J connectivity index is 1.74. The molecule has 0 unspecified atom stereocenters. The van der Waals surface area contributed by atoms with Gasteiger partial charge < -0.3 is 9.64 Å². The van der Waals surface area contributed by atoms with Gasteiger partial charge in [-0.05, 0) is 30.3 Å². The average molecular weight is 433 g/mol. The lowest BCUT2D eigenvalue weighted by atomic mass is 10.2. The van der Waals surface area contributed by atoms with Crippen LogP contribution in [-0.2, 0) is 14.8 Å². The Hall–Kier alpha value is -3.31. The number of carbonyl (C=O) groups is 2. The molecule has 0 spiro atoms. The molecule has 30 heavy (non-hydrogen) atoms. The van der Waals surface area contributed by atoms with Crippen molar-refractivity contribution < 1.29 is 27.7 Å². The first-order valence-corrected chi connectivity index (χ1v) is 10.4. The highest BCUT2D eigenvalue weighted by molar-refractivity contribution is 7.89. The number of hydrogen-bond donors (Lipinski definition) is 0. The summed E-state index contributed by atoms with van der Waals surface area (Å²) in [6.07, 6.45) is 0. The van der Waals surface area contributed by atoms with Gasteiger partial charge in [-0.2, -0.15) is 4.31 Å². The second kappa shape index (κ2) is 8.59. The van der Waals surface area contributed by atoms with Gasteiger partial charge in [0.2, 0.25) is 15.9 Å². The van der Waals surface area contributed by atoms with Crippen LogP contribution in [0, 0.1) is 10.1 Å². The molecule has 1 fully saturated rings. The molecule has 1 amide bonds. The minimum Gasteiger partial charge on any atom is -0.423 e. The number of amides is 1. The Bertz CT molecular complexity index is 1080. The fraction of sp³-hybridized carbons (Fsp3) is 0.263. The largest absolute Gasteiger partial charge is 0.423 e. The van der Waals surface area contributed by atoms with E-state index in [0.29, 0.717) is 13.1 Å². The zero-order valence-corrected chi connectivity index (χ0v) is 16.9. The number of benzene rings is 2. The predicted molar refractivity (Wildman–Crippen MR) is 106 cm³/mol. The van der Waals surface area contributed by atoms with Crippen molar-refractivity contribution in [3.8, 4) is 5.75 Å². The van der Waals surface area contributed by atoms with Gasteiger partial charge in [0, 0.05) is 45.2 Å². The number of sulfonamides is 1. The Kier molecular flexibility index (Phi) is 6.13. The van der Waals surface area contributed by atoms with Gasteiger partial charge in [-0.15, -0.1) is 0 Å². The van der Waals surface area contributed by atoms with Crippen LogP contribution >= 0.6 is 0 Å². The summed E-state index contributed by atoms with van der Waals surface area (Å²) >= 11 is 0. The van der Waals surface area contributed by atoms with Crippen LogP contribution in [0.1, 0.15) is 17.3 Å². The predicted octanol–water partition coefficient (Wildman–Crippen LogP) is 1.67. The van der Waals surface area contributed by atoms with Crippen LogP contribution in [0.25, 0.3) is 0 Å². The number of piperazine rings is 1. The van der Waals surface area contributed by atoms with E-state index in [1.807, 2.05) is 0 Å². The van der Waals surface area contributed by atoms with Crippen molar-refractivity contribution in [3.05, 3.63) is 64.2 Å². The van der Waals surface area contributed by atoms with E-state index in [4.69, 9.17) is 4.74 Å². The number of nitro benzene ring substituents is 1. The van der Waals surface area contributed by atoms with Gasteiger partial charge in [-0.1, -0.05) is 6.07 Å². The SMILES string of the molecule is CC(=O)N1CCN(S(=O)(=O)c2cccc(C(=O)Oc3ccc([N+](=O)[O-])cc3)c2)CC1. The van der Waals surface area contributed by atoms with Gasteiger partial charge in [0.1, 0.15) is 5.75 Å². The zero-order chi connectivity index (χ0) is 21.9. The summed E-state index contributed by atoms with van der Waals surface area (Å²) in [5.41, 5.74) is -0.121. The minimum absolute atomic E-state index is 0.0248. The number of nitro groups is 1. The maximum absolute atomic E-state index is 12.9. The van der Waals surface area contributed by atoms with Gasteiger partial charge in [0.05, 0.1) is 15.4 Å². The third-order valence-corrected chi connectivity index (χ3v) is 6.54. The average Bonchev–Trinajstić information content (AvgIpc) is 2.74. The Morgan fingerprint density at radius 2 is 1.67 bits per heavy atom. The van der Waals surface area contributed by atoms with Crippen LogP contribution in [0.15, 0.2) is 53.4 Å². The van der Waals surface area contributed by atoms with Gasteiger partial charge in [-0.3, -0.25) is 14.9 Å². The number of non-ortho nitro benzene ring substituents is 1. The first-order chi connectivity index (χ1) is 14.2. The summed E-state index contributed by atoms with van der Waals surface area (Å²) < 4.78 is 32.3. The first kappa shape index (κ1) is 21.4. The zero-order valence-electron chi connectivity index (χ0n) is 16.1.